The number of thiol groups is 1. The van der Waals surface area contributed by atoms with Crippen LogP contribution in [0.15, 0.2) is 16.3 Å². The van der Waals surface area contributed by atoms with Crippen LogP contribution >= 0.6 is 24.0 Å². The quantitative estimate of drug-likeness (QED) is 0.829. The van der Waals surface area contributed by atoms with E-state index in [0.29, 0.717) is 0 Å². The number of hydrogen-bond donors (Lipinski definition) is 2. The van der Waals surface area contributed by atoms with E-state index in [1.807, 2.05) is 5.38 Å². The molecule has 0 aromatic carbocycles. The summed E-state index contributed by atoms with van der Waals surface area (Å²) in [4.78, 5) is 13.4. The van der Waals surface area contributed by atoms with Crippen LogP contribution in [0.1, 0.15) is 29.4 Å². The second-order valence-electron chi connectivity index (χ2n) is 4.77. The summed E-state index contributed by atoms with van der Waals surface area (Å²) in [5, 5.41) is 4.87. The molecule has 1 aliphatic rings. The number of rotatable bonds is 3. The van der Waals surface area contributed by atoms with Gasteiger partial charge in [-0.25, -0.2) is 0 Å². The Morgan fingerprint density at radius 1 is 1.59 bits per heavy atom. The van der Waals surface area contributed by atoms with E-state index in [1.165, 1.54) is 11.3 Å². The normalized spacial score (nSPS) is 18.9. The van der Waals surface area contributed by atoms with Crippen LogP contribution < -0.4 is 5.32 Å². The van der Waals surface area contributed by atoms with E-state index in [1.54, 1.807) is 6.07 Å². The van der Waals surface area contributed by atoms with Crippen LogP contribution in [0.5, 0.6) is 0 Å². The van der Waals surface area contributed by atoms with Crippen molar-refractivity contribution in [3.63, 3.8) is 0 Å². The summed E-state index contributed by atoms with van der Waals surface area (Å²) in [7, 11) is 0. The molecular weight excluding hydrogens is 254 g/mol. The molecule has 0 unspecified atom stereocenters. The molecule has 0 atom stereocenters. The van der Waals surface area contributed by atoms with Crippen molar-refractivity contribution >= 4 is 29.9 Å². The van der Waals surface area contributed by atoms with Crippen molar-refractivity contribution in [2.24, 2.45) is 5.41 Å². The first-order valence-electron chi connectivity index (χ1n) is 5.73. The van der Waals surface area contributed by atoms with E-state index >= 15 is 0 Å². The van der Waals surface area contributed by atoms with Crippen LogP contribution in [0.25, 0.3) is 0 Å². The zero-order chi connectivity index (χ0) is 12.3. The summed E-state index contributed by atoms with van der Waals surface area (Å²) in [6.45, 7) is 4.52. The van der Waals surface area contributed by atoms with Crippen molar-refractivity contribution in [1.29, 1.82) is 0 Å². The Bertz CT molecular complexity index is 397. The minimum absolute atomic E-state index is 0.00279. The lowest BCUT2D eigenvalue weighted by atomic mass is 9.82. The Morgan fingerprint density at radius 2 is 2.29 bits per heavy atom. The highest BCUT2D eigenvalue weighted by atomic mass is 32.1. The van der Waals surface area contributed by atoms with Crippen LogP contribution in [0, 0.1) is 5.41 Å². The third-order valence-electron chi connectivity index (χ3n) is 3.19. The van der Waals surface area contributed by atoms with Crippen molar-refractivity contribution in [2.75, 3.05) is 19.8 Å². The van der Waals surface area contributed by atoms with E-state index in [4.69, 9.17) is 4.74 Å². The summed E-state index contributed by atoms with van der Waals surface area (Å²) in [6, 6.07) is 1.80. The largest absolute Gasteiger partial charge is 0.381 e. The Balaban J connectivity index is 1.87. The van der Waals surface area contributed by atoms with Crippen molar-refractivity contribution in [2.45, 2.75) is 24.7 Å². The van der Waals surface area contributed by atoms with Gasteiger partial charge in [-0.2, -0.15) is 0 Å². The standard InChI is InChI=1S/C12H17NO2S2/c1-12(2-4-15-5-3-12)8-13-11(14)10-6-9(16)7-17-10/h6-7,16H,2-5,8H2,1H3,(H,13,14). The first kappa shape index (κ1) is 12.9. The van der Waals surface area contributed by atoms with Gasteiger partial charge in [0.2, 0.25) is 0 Å². The third kappa shape index (κ3) is 3.47. The molecule has 1 amide bonds. The molecule has 1 saturated heterocycles. The topological polar surface area (TPSA) is 38.3 Å². The molecule has 17 heavy (non-hydrogen) atoms. The summed E-state index contributed by atoms with van der Waals surface area (Å²) in [5.41, 5.74) is 0.176. The summed E-state index contributed by atoms with van der Waals surface area (Å²) in [6.07, 6.45) is 2.02. The Morgan fingerprint density at radius 3 is 2.88 bits per heavy atom. The number of amides is 1. The van der Waals surface area contributed by atoms with Gasteiger partial charge >= 0.3 is 0 Å². The molecule has 2 rings (SSSR count). The SMILES string of the molecule is CC1(CNC(=O)c2cc(S)cs2)CCOCC1. The smallest absolute Gasteiger partial charge is 0.261 e. The number of thiophene rings is 1. The van der Waals surface area contributed by atoms with Gasteiger partial charge in [-0.05, 0) is 24.3 Å². The number of ether oxygens (including phenoxy) is 1. The molecular formula is C12H17NO2S2. The van der Waals surface area contributed by atoms with E-state index in [9.17, 15) is 4.79 Å². The lowest BCUT2D eigenvalue weighted by molar-refractivity contribution is 0.0239. The van der Waals surface area contributed by atoms with E-state index in [0.717, 1.165) is 42.4 Å². The fraction of sp³-hybridized carbons (Fsp3) is 0.583. The maximum atomic E-state index is 11.9. The van der Waals surface area contributed by atoms with Gasteiger partial charge in [-0.3, -0.25) is 4.79 Å². The Kier molecular flexibility index (Phi) is 4.12. The minimum atomic E-state index is 0.00279. The molecule has 1 aliphatic heterocycles. The highest BCUT2D eigenvalue weighted by molar-refractivity contribution is 7.80. The Labute approximate surface area is 111 Å². The molecule has 3 nitrogen and oxygen atoms in total. The van der Waals surface area contributed by atoms with Crippen LogP contribution in [-0.2, 0) is 4.74 Å². The van der Waals surface area contributed by atoms with Gasteiger partial charge in [0.05, 0.1) is 4.88 Å². The number of carbonyl (C=O) groups is 1. The molecule has 5 heteroatoms. The van der Waals surface area contributed by atoms with Crippen LogP contribution in [0.2, 0.25) is 0 Å². The number of nitrogens with one attached hydrogen (secondary N) is 1. The fourth-order valence-corrected chi connectivity index (χ4v) is 2.93. The molecule has 0 aliphatic carbocycles. The van der Waals surface area contributed by atoms with Crippen molar-refractivity contribution in [3.05, 3.63) is 16.3 Å². The Hall–Kier alpha value is -0.520. The van der Waals surface area contributed by atoms with Gasteiger partial charge in [0.25, 0.3) is 5.91 Å². The first-order chi connectivity index (χ1) is 8.09. The van der Waals surface area contributed by atoms with Crippen LogP contribution in [-0.4, -0.2) is 25.7 Å². The van der Waals surface area contributed by atoms with E-state index in [2.05, 4.69) is 24.9 Å². The lowest BCUT2D eigenvalue weighted by Gasteiger charge is -2.33. The van der Waals surface area contributed by atoms with Crippen molar-refractivity contribution in [1.82, 2.24) is 5.32 Å². The zero-order valence-corrected chi connectivity index (χ0v) is 11.6. The van der Waals surface area contributed by atoms with Gasteiger partial charge in [0.1, 0.15) is 0 Å². The summed E-state index contributed by atoms with van der Waals surface area (Å²) < 4.78 is 5.34. The highest BCUT2D eigenvalue weighted by Crippen LogP contribution is 2.28. The predicted molar refractivity (Wildman–Crippen MR) is 72.1 cm³/mol. The maximum absolute atomic E-state index is 11.9. The van der Waals surface area contributed by atoms with Gasteiger partial charge in [0.15, 0.2) is 0 Å². The average molecular weight is 271 g/mol. The van der Waals surface area contributed by atoms with Gasteiger partial charge < -0.3 is 10.1 Å². The zero-order valence-electron chi connectivity index (χ0n) is 9.86. The second-order valence-corrected chi connectivity index (χ2v) is 6.20. The molecule has 94 valence electrons. The molecule has 0 bridgehead atoms. The average Bonchev–Trinajstić information content (AvgIpc) is 2.74. The molecule has 1 aromatic heterocycles. The van der Waals surface area contributed by atoms with E-state index < -0.39 is 0 Å². The van der Waals surface area contributed by atoms with Crippen molar-refractivity contribution in [3.8, 4) is 0 Å². The molecule has 1 fully saturated rings. The number of carbonyl (C=O) groups excluding carboxylic acids is 1. The third-order valence-corrected chi connectivity index (χ3v) is 4.55. The predicted octanol–water partition coefficient (Wildman–Crippen LogP) is 2.58. The molecule has 0 radical (unpaired) electrons. The molecule has 0 saturated carbocycles. The summed E-state index contributed by atoms with van der Waals surface area (Å²) in [5.74, 6) is 0.00279. The van der Waals surface area contributed by atoms with E-state index in [-0.39, 0.29) is 11.3 Å². The maximum Gasteiger partial charge on any atom is 0.261 e. The van der Waals surface area contributed by atoms with Gasteiger partial charge in [-0.1, -0.05) is 6.92 Å². The van der Waals surface area contributed by atoms with Gasteiger partial charge in [0, 0.05) is 30.0 Å². The minimum Gasteiger partial charge on any atom is -0.381 e. The monoisotopic (exact) mass is 271 g/mol. The van der Waals surface area contributed by atoms with Crippen LogP contribution in [0.3, 0.4) is 0 Å². The molecule has 0 spiro atoms. The second kappa shape index (κ2) is 5.42. The van der Waals surface area contributed by atoms with Crippen LogP contribution in [0.4, 0.5) is 0 Å². The number of hydrogen-bond acceptors (Lipinski definition) is 4. The summed E-state index contributed by atoms with van der Waals surface area (Å²) >= 11 is 5.63. The fourth-order valence-electron chi connectivity index (χ4n) is 1.87. The lowest BCUT2D eigenvalue weighted by Crippen LogP contribution is -2.39. The molecule has 2 heterocycles. The first-order valence-corrected chi connectivity index (χ1v) is 7.05. The molecule has 1 N–H and O–H groups in total. The van der Waals surface area contributed by atoms with Gasteiger partial charge in [-0.15, -0.1) is 24.0 Å². The molecule has 1 aromatic rings. The van der Waals surface area contributed by atoms with Crippen molar-refractivity contribution < 1.29 is 9.53 Å². The highest BCUT2D eigenvalue weighted by Gasteiger charge is 2.27.